The first-order chi connectivity index (χ1) is 12.7. The van der Waals surface area contributed by atoms with Gasteiger partial charge in [-0.2, -0.15) is 0 Å². The Balaban J connectivity index is 1.41. The number of guanidine groups is 1. The lowest BCUT2D eigenvalue weighted by molar-refractivity contribution is -0.121. The maximum absolute atomic E-state index is 12.0. The lowest BCUT2D eigenvalue weighted by Gasteiger charge is -2.43. The smallest absolute Gasteiger partial charge is 0.221 e. The minimum absolute atomic E-state index is 0.139. The zero-order chi connectivity index (χ0) is 18.2. The molecule has 0 atom stereocenters. The molecule has 26 heavy (non-hydrogen) atoms. The van der Waals surface area contributed by atoms with Gasteiger partial charge in [-0.05, 0) is 31.2 Å². The second kappa shape index (κ2) is 9.06. The molecule has 0 heterocycles. The van der Waals surface area contributed by atoms with E-state index >= 15 is 0 Å². The van der Waals surface area contributed by atoms with Gasteiger partial charge < -0.3 is 16.0 Å². The van der Waals surface area contributed by atoms with Crippen LogP contribution in [0.2, 0.25) is 0 Å². The third-order valence-electron chi connectivity index (χ3n) is 5.88. The van der Waals surface area contributed by atoms with Gasteiger partial charge in [0, 0.05) is 38.0 Å². The largest absolute Gasteiger partial charge is 0.356 e. The highest BCUT2D eigenvalue weighted by Crippen LogP contribution is 2.43. The van der Waals surface area contributed by atoms with Crippen LogP contribution < -0.4 is 16.0 Å². The second-order valence-electron chi connectivity index (χ2n) is 7.65. The third kappa shape index (κ3) is 4.77. The Kier molecular flexibility index (Phi) is 6.53. The number of benzene rings is 1. The van der Waals surface area contributed by atoms with Gasteiger partial charge >= 0.3 is 0 Å². The summed E-state index contributed by atoms with van der Waals surface area (Å²) >= 11 is 0. The minimum atomic E-state index is 0.139. The van der Waals surface area contributed by atoms with E-state index < -0.39 is 0 Å². The summed E-state index contributed by atoms with van der Waals surface area (Å²) in [5.74, 6) is 0.917. The molecular weight excluding hydrogens is 324 g/mol. The van der Waals surface area contributed by atoms with Crippen LogP contribution in [0.1, 0.15) is 56.9 Å². The number of carbonyl (C=O) groups excluding carboxylic acids is 1. The average molecular weight is 357 g/mol. The van der Waals surface area contributed by atoms with Gasteiger partial charge in [0.05, 0.1) is 0 Å². The summed E-state index contributed by atoms with van der Waals surface area (Å²) in [6, 6.07) is 11.1. The maximum Gasteiger partial charge on any atom is 0.221 e. The molecule has 5 heteroatoms. The van der Waals surface area contributed by atoms with E-state index in [1.807, 2.05) is 0 Å². The first-order valence-corrected chi connectivity index (χ1v) is 10.0. The monoisotopic (exact) mass is 356 g/mol. The molecule has 1 amide bonds. The first kappa shape index (κ1) is 18.7. The summed E-state index contributed by atoms with van der Waals surface area (Å²) in [5, 5.41) is 9.87. The van der Waals surface area contributed by atoms with Crippen molar-refractivity contribution in [1.82, 2.24) is 16.0 Å². The lowest BCUT2D eigenvalue weighted by Crippen LogP contribution is -2.49. The molecule has 5 nitrogen and oxygen atoms in total. The molecule has 0 radical (unpaired) electrons. The molecule has 0 spiro atoms. The van der Waals surface area contributed by atoms with Crippen molar-refractivity contribution in [3.8, 4) is 0 Å². The average Bonchev–Trinajstić information content (AvgIpc) is 3.13. The highest BCUT2D eigenvalue weighted by molar-refractivity contribution is 5.81. The molecule has 0 bridgehead atoms. The summed E-state index contributed by atoms with van der Waals surface area (Å²) in [4.78, 5) is 16.3. The van der Waals surface area contributed by atoms with E-state index in [1.54, 1.807) is 7.05 Å². The molecule has 2 aliphatic rings. The van der Waals surface area contributed by atoms with E-state index in [1.165, 1.54) is 37.7 Å². The number of rotatable bonds is 7. The van der Waals surface area contributed by atoms with Gasteiger partial charge in [-0.25, -0.2) is 0 Å². The molecule has 0 unspecified atom stereocenters. The fourth-order valence-corrected chi connectivity index (χ4v) is 4.10. The standard InChI is InChI=1S/C21H32N4O/c1-22-20(23-15-12-19(26)25-18-10-5-6-11-18)24-16-21(13-7-14-21)17-8-3-2-4-9-17/h2-4,8-9,18H,5-7,10-16H2,1H3,(H,25,26)(H2,22,23,24). The molecule has 2 saturated carbocycles. The van der Waals surface area contributed by atoms with Gasteiger partial charge in [0.1, 0.15) is 0 Å². The van der Waals surface area contributed by atoms with Crippen LogP contribution in [0, 0.1) is 0 Å². The summed E-state index contributed by atoms with van der Waals surface area (Å²) in [7, 11) is 1.78. The molecule has 1 aromatic rings. The highest BCUT2D eigenvalue weighted by Gasteiger charge is 2.38. The normalized spacial score (nSPS) is 19.7. The third-order valence-corrected chi connectivity index (χ3v) is 5.88. The van der Waals surface area contributed by atoms with Gasteiger partial charge in [0.25, 0.3) is 0 Å². The van der Waals surface area contributed by atoms with E-state index in [0.29, 0.717) is 19.0 Å². The van der Waals surface area contributed by atoms with Gasteiger partial charge in [0.15, 0.2) is 5.96 Å². The van der Waals surface area contributed by atoms with E-state index in [-0.39, 0.29) is 11.3 Å². The molecular formula is C21H32N4O. The Labute approximate surface area is 157 Å². The van der Waals surface area contributed by atoms with Gasteiger partial charge in [-0.15, -0.1) is 0 Å². The predicted molar refractivity (Wildman–Crippen MR) is 106 cm³/mol. The molecule has 0 aliphatic heterocycles. The number of amides is 1. The molecule has 0 saturated heterocycles. The number of nitrogens with zero attached hydrogens (tertiary/aromatic N) is 1. The molecule has 1 aromatic carbocycles. The van der Waals surface area contributed by atoms with Gasteiger partial charge in [0.2, 0.25) is 5.91 Å². The summed E-state index contributed by atoms with van der Waals surface area (Å²) < 4.78 is 0. The van der Waals surface area contributed by atoms with Crippen LogP contribution in [-0.4, -0.2) is 38.0 Å². The second-order valence-corrected chi connectivity index (χ2v) is 7.65. The molecule has 3 rings (SSSR count). The molecule has 0 aromatic heterocycles. The molecule has 2 aliphatic carbocycles. The predicted octanol–water partition coefficient (Wildman–Crippen LogP) is 2.72. The summed E-state index contributed by atoms with van der Waals surface area (Å²) in [6.07, 6.45) is 8.93. The van der Waals surface area contributed by atoms with Gasteiger partial charge in [-0.3, -0.25) is 9.79 Å². The Hall–Kier alpha value is -2.04. The lowest BCUT2D eigenvalue weighted by atomic mass is 9.64. The van der Waals surface area contributed by atoms with E-state index in [4.69, 9.17) is 0 Å². The van der Waals surface area contributed by atoms with Crippen LogP contribution in [0.25, 0.3) is 0 Å². The first-order valence-electron chi connectivity index (χ1n) is 10.0. The van der Waals surface area contributed by atoms with Crippen LogP contribution in [0.5, 0.6) is 0 Å². The Morgan fingerprint density at radius 1 is 1.12 bits per heavy atom. The molecule has 2 fully saturated rings. The Bertz CT molecular complexity index is 604. The van der Waals surface area contributed by atoms with Crippen LogP contribution in [0.3, 0.4) is 0 Å². The van der Waals surface area contributed by atoms with Crippen molar-refractivity contribution in [2.24, 2.45) is 4.99 Å². The zero-order valence-corrected chi connectivity index (χ0v) is 15.9. The van der Waals surface area contributed by atoms with Crippen LogP contribution in [0.4, 0.5) is 0 Å². The van der Waals surface area contributed by atoms with Crippen molar-refractivity contribution in [2.75, 3.05) is 20.1 Å². The highest BCUT2D eigenvalue weighted by atomic mass is 16.1. The van der Waals surface area contributed by atoms with E-state index in [9.17, 15) is 4.79 Å². The van der Waals surface area contributed by atoms with Crippen molar-refractivity contribution in [1.29, 1.82) is 0 Å². The maximum atomic E-state index is 12.0. The van der Waals surface area contributed by atoms with E-state index in [2.05, 4.69) is 51.3 Å². The van der Waals surface area contributed by atoms with Crippen LogP contribution in [0.15, 0.2) is 35.3 Å². The summed E-state index contributed by atoms with van der Waals surface area (Å²) in [5.41, 5.74) is 1.63. The molecule has 142 valence electrons. The molecule has 3 N–H and O–H groups in total. The zero-order valence-electron chi connectivity index (χ0n) is 15.9. The Morgan fingerprint density at radius 2 is 1.85 bits per heavy atom. The number of carbonyl (C=O) groups is 1. The summed E-state index contributed by atoms with van der Waals surface area (Å²) in [6.45, 7) is 1.49. The van der Waals surface area contributed by atoms with Crippen molar-refractivity contribution in [2.45, 2.75) is 62.8 Å². The van der Waals surface area contributed by atoms with Crippen LogP contribution >= 0.6 is 0 Å². The number of aliphatic imine (C=N–C) groups is 1. The van der Waals surface area contributed by atoms with E-state index in [0.717, 1.165) is 25.3 Å². The quantitative estimate of drug-likeness (QED) is 0.520. The number of hydrogen-bond acceptors (Lipinski definition) is 2. The number of hydrogen-bond donors (Lipinski definition) is 3. The minimum Gasteiger partial charge on any atom is -0.356 e. The SMILES string of the molecule is CN=C(NCCC(=O)NC1CCCC1)NCC1(c2ccccc2)CCC1. The Morgan fingerprint density at radius 3 is 2.46 bits per heavy atom. The fraction of sp³-hybridized carbons (Fsp3) is 0.619. The van der Waals surface area contributed by atoms with Crippen molar-refractivity contribution in [3.05, 3.63) is 35.9 Å². The van der Waals surface area contributed by atoms with Crippen molar-refractivity contribution < 1.29 is 4.79 Å². The van der Waals surface area contributed by atoms with Crippen molar-refractivity contribution >= 4 is 11.9 Å². The van der Waals surface area contributed by atoms with Crippen LogP contribution in [-0.2, 0) is 10.2 Å². The topological polar surface area (TPSA) is 65.5 Å². The van der Waals surface area contributed by atoms with Gasteiger partial charge in [-0.1, -0.05) is 49.6 Å². The fourth-order valence-electron chi connectivity index (χ4n) is 4.10. The number of nitrogens with one attached hydrogen (secondary N) is 3. The van der Waals surface area contributed by atoms with Crippen molar-refractivity contribution in [3.63, 3.8) is 0 Å².